The maximum atomic E-state index is 13.4. The normalized spacial score (nSPS) is 24.1. The monoisotopic (exact) mass is 555 g/mol. The molecule has 0 bridgehead atoms. The van der Waals surface area contributed by atoms with E-state index in [1.807, 2.05) is 11.8 Å². The molecule has 2 aliphatic heterocycles. The highest BCUT2D eigenvalue weighted by Crippen LogP contribution is 2.38. The number of hydrogen-bond acceptors (Lipinski definition) is 10. The number of sulfonamides is 1. The Kier molecular flexibility index (Phi) is 6.19. The van der Waals surface area contributed by atoms with Crippen molar-refractivity contribution in [3.05, 3.63) is 23.5 Å². The molecular formula is C22H27F2N7O4S2. The van der Waals surface area contributed by atoms with Crippen LogP contribution in [0.4, 0.5) is 14.5 Å². The molecule has 6 rings (SSSR count). The molecule has 2 N–H and O–H groups in total. The zero-order valence-corrected chi connectivity index (χ0v) is 21.7. The summed E-state index contributed by atoms with van der Waals surface area (Å²) in [5.41, 5.74) is 0.973. The van der Waals surface area contributed by atoms with Gasteiger partial charge in [-0.1, -0.05) is 11.3 Å². The highest BCUT2D eigenvalue weighted by atomic mass is 32.2. The fourth-order valence-corrected chi connectivity index (χ4v) is 7.17. The Labute approximate surface area is 216 Å². The minimum absolute atomic E-state index is 0.0435. The molecule has 0 aromatic carbocycles. The largest absolute Gasteiger partial charge is 0.394 e. The lowest BCUT2D eigenvalue weighted by Crippen LogP contribution is -2.62. The van der Waals surface area contributed by atoms with Gasteiger partial charge in [0.1, 0.15) is 10.6 Å². The van der Waals surface area contributed by atoms with Crippen molar-refractivity contribution in [2.45, 2.75) is 48.8 Å². The predicted octanol–water partition coefficient (Wildman–Crippen LogP) is 1.50. The molecule has 0 spiro atoms. The number of halogens is 2. The van der Waals surface area contributed by atoms with Gasteiger partial charge in [0.25, 0.3) is 6.43 Å². The minimum Gasteiger partial charge on any atom is -0.394 e. The van der Waals surface area contributed by atoms with Crippen molar-refractivity contribution >= 4 is 32.7 Å². The van der Waals surface area contributed by atoms with Gasteiger partial charge in [-0.25, -0.2) is 26.9 Å². The molecule has 3 aromatic heterocycles. The van der Waals surface area contributed by atoms with Crippen LogP contribution < -0.4 is 9.62 Å². The number of piperazine rings is 1. The molecule has 0 unspecified atom stereocenters. The summed E-state index contributed by atoms with van der Waals surface area (Å²) in [6, 6.07) is 1.54. The number of aromatic nitrogens is 4. The van der Waals surface area contributed by atoms with Crippen LogP contribution in [0.2, 0.25) is 0 Å². The summed E-state index contributed by atoms with van der Waals surface area (Å²) >= 11 is 0.744. The molecule has 0 radical (unpaired) electrons. The third-order valence-electron chi connectivity index (χ3n) is 7.29. The number of imidazole rings is 1. The Morgan fingerprint density at radius 2 is 2.11 bits per heavy atom. The van der Waals surface area contributed by atoms with Crippen molar-refractivity contribution in [2.75, 3.05) is 44.3 Å². The zero-order chi connectivity index (χ0) is 25.9. The molecule has 3 fully saturated rings. The SMILES string of the molecule is CC1(NS(=O)(=O)c2cc(N3CCN4CCO[C@H](CO)[C@H]4C3)c3ncc(-c4nnc(C(F)F)s4)n3c2)CC1. The lowest BCUT2D eigenvalue weighted by atomic mass is 10.0. The first-order chi connectivity index (χ1) is 17.7. The standard InChI is InChI=1S/C22H27F2N7O4S2/c1-22(2-3-22)28-37(33,34)13-8-14(30-5-4-29-6-7-35-17(12-32)16(29)11-30)19-25-9-15(31(19)10-13)20-26-27-21(36-20)18(23)24/h8-10,16-18,28,32H,2-7,11-12H2,1H3/t16-,17-/m1/s1. The van der Waals surface area contributed by atoms with E-state index in [4.69, 9.17) is 4.74 Å². The quantitative estimate of drug-likeness (QED) is 0.446. The van der Waals surface area contributed by atoms with Crippen LogP contribution in [0.3, 0.4) is 0 Å². The molecular weight excluding hydrogens is 528 g/mol. The molecule has 1 saturated carbocycles. The number of alkyl halides is 2. The predicted molar refractivity (Wildman–Crippen MR) is 131 cm³/mol. The van der Waals surface area contributed by atoms with E-state index in [1.165, 1.54) is 12.4 Å². The highest BCUT2D eigenvalue weighted by Gasteiger charge is 2.42. The van der Waals surface area contributed by atoms with E-state index in [0.717, 1.165) is 30.7 Å². The highest BCUT2D eigenvalue weighted by molar-refractivity contribution is 7.89. The van der Waals surface area contributed by atoms with Gasteiger partial charge in [-0.05, 0) is 25.8 Å². The molecule has 1 aliphatic carbocycles. The number of rotatable bonds is 7. The molecule has 200 valence electrons. The summed E-state index contributed by atoms with van der Waals surface area (Å²) in [4.78, 5) is 8.91. The van der Waals surface area contributed by atoms with Crippen molar-refractivity contribution in [1.82, 2.24) is 29.2 Å². The zero-order valence-electron chi connectivity index (χ0n) is 20.0. The van der Waals surface area contributed by atoms with Crippen molar-refractivity contribution < 1.29 is 27.0 Å². The molecule has 5 heterocycles. The number of pyridine rings is 1. The third kappa shape index (κ3) is 4.61. The maximum absolute atomic E-state index is 13.4. The Morgan fingerprint density at radius 1 is 1.30 bits per heavy atom. The molecule has 0 amide bonds. The number of anilines is 1. The van der Waals surface area contributed by atoms with E-state index < -0.39 is 27.0 Å². The molecule has 2 saturated heterocycles. The van der Waals surface area contributed by atoms with Gasteiger partial charge < -0.3 is 14.7 Å². The second kappa shape index (κ2) is 9.17. The fraction of sp³-hybridized carbons (Fsp3) is 0.591. The van der Waals surface area contributed by atoms with Gasteiger partial charge in [0.2, 0.25) is 10.0 Å². The second-order valence-corrected chi connectivity index (χ2v) is 12.6. The van der Waals surface area contributed by atoms with E-state index in [9.17, 15) is 22.3 Å². The van der Waals surface area contributed by atoms with Crippen LogP contribution in [0.1, 0.15) is 31.2 Å². The number of nitrogens with one attached hydrogen (secondary N) is 1. The summed E-state index contributed by atoms with van der Waals surface area (Å²) < 4.78 is 63.3. The Morgan fingerprint density at radius 3 is 2.81 bits per heavy atom. The Balaban J connectivity index is 1.45. The third-order valence-corrected chi connectivity index (χ3v) is 9.85. The van der Waals surface area contributed by atoms with Crippen molar-refractivity contribution in [1.29, 1.82) is 0 Å². The second-order valence-electron chi connectivity index (χ2n) is 9.95. The molecule has 37 heavy (non-hydrogen) atoms. The average molecular weight is 556 g/mol. The molecule has 3 aromatic rings. The van der Waals surface area contributed by atoms with Gasteiger partial charge in [-0.3, -0.25) is 9.30 Å². The number of aliphatic hydroxyl groups excluding tert-OH is 1. The number of ether oxygens (including phenoxy) is 1. The van der Waals surface area contributed by atoms with E-state index in [1.54, 1.807) is 10.5 Å². The van der Waals surface area contributed by atoms with Crippen LogP contribution in [-0.4, -0.2) is 95.1 Å². The summed E-state index contributed by atoms with van der Waals surface area (Å²) in [5, 5.41) is 17.1. The number of morpholine rings is 1. The van der Waals surface area contributed by atoms with Crippen LogP contribution in [0.5, 0.6) is 0 Å². The van der Waals surface area contributed by atoms with Gasteiger partial charge >= 0.3 is 0 Å². The molecule has 2 atom stereocenters. The molecule has 3 aliphatic rings. The first-order valence-corrected chi connectivity index (χ1v) is 14.4. The van der Waals surface area contributed by atoms with E-state index >= 15 is 0 Å². The van der Waals surface area contributed by atoms with Crippen molar-refractivity contribution in [2.24, 2.45) is 0 Å². The van der Waals surface area contributed by atoms with Crippen LogP contribution in [-0.2, 0) is 14.8 Å². The topological polar surface area (TPSA) is 125 Å². The Hall–Kier alpha value is -2.30. The van der Waals surface area contributed by atoms with Gasteiger partial charge in [-0.15, -0.1) is 10.2 Å². The van der Waals surface area contributed by atoms with Crippen LogP contribution in [0.25, 0.3) is 16.3 Å². The van der Waals surface area contributed by atoms with E-state index in [-0.39, 0.29) is 28.7 Å². The summed E-state index contributed by atoms with van der Waals surface area (Å²) in [5.74, 6) is 0. The number of fused-ring (bicyclic) bond motifs is 2. The summed E-state index contributed by atoms with van der Waals surface area (Å²) in [6.45, 7) is 4.90. The first kappa shape index (κ1) is 25.0. The maximum Gasteiger partial charge on any atom is 0.291 e. The van der Waals surface area contributed by atoms with Crippen molar-refractivity contribution in [3.8, 4) is 10.7 Å². The van der Waals surface area contributed by atoms with E-state index in [2.05, 4.69) is 24.8 Å². The average Bonchev–Trinajstić information content (AvgIpc) is 3.25. The summed E-state index contributed by atoms with van der Waals surface area (Å²) in [7, 11) is -3.88. The fourth-order valence-electron chi connectivity index (χ4n) is 4.99. The Bertz CT molecular complexity index is 1420. The number of aliphatic hydroxyl groups is 1. The van der Waals surface area contributed by atoms with Crippen LogP contribution >= 0.6 is 11.3 Å². The lowest BCUT2D eigenvalue weighted by Gasteiger charge is -2.47. The first-order valence-electron chi connectivity index (χ1n) is 12.1. The minimum atomic E-state index is -3.88. The molecule has 11 nitrogen and oxygen atoms in total. The van der Waals surface area contributed by atoms with Gasteiger partial charge in [0, 0.05) is 37.9 Å². The van der Waals surface area contributed by atoms with Gasteiger partial charge in [0.15, 0.2) is 15.7 Å². The van der Waals surface area contributed by atoms with Crippen molar-refractivity contribution in [3.63, 3.8) is 0 Å². The molecule has 15 heteroatoms. The lowest BCUT2D eigenvalue weighted by molar-refractivity contribution is -0.0934. The summed E-state index contributed by atoms with van der Waals surface area (Å²) in [6.07, 6.45) is 1.36. The van der Waals surface area contributed by atoms with E-state index in [0.29, 0.717) is 43.3 Å². The smallest absolute Gasteiger partial charge is 0.291 e. The number of hydrogen-bond donors (Lipinski definition) is 2. The van der Waals surface area contributed by atoms with Gasteiger partial charge in [-0.2, -0.15) is 0 Å². The van der Waals surface area contributed by atoms with Crippen LogP contribution in [0, 0.1) is 0 Å². The number of nitrogens with zero attached hydrogens (tertiary/aromatic N) is 6. The van der Waals surface area contributed by atoms with Crippen LogP contribution in [0.15, 0.2) is 23.4 Å². The van der Waals surface area contributed by atoms with Gasteiger partial charge in [0.05, 0.1) is 37.2 Å².